The van der Waals surface area contributed by atoms with E-state index in [0.29, 0.717) is 5.56 Å². The summed E-state index contributed by atoms with van der Waals surface area (Å²) in [5.41, 5.74) is 0.845. The molecule has 1 saturated heterocycles. The number of aliphatic carboxylic acids is 1. The Hall–Kier alpha value is -4.94. The van der Waals surface area contributed by atoms with Gasteiger partial charge in [0.15, 0.2) is 6.54 Å². The number of aromatic amines is 1. The van der Waals surface area contributed by atoms with E-state index in [1.54, 1.807) is 29.2 Å². The van der Waals surface area contributed by atoms with Gasteiger partial charge in [-0.25, -0.2) is 4.39 Å². The van der Waals surface area contributed by atoms with Crippen molar-refractivity contribution in [2.45, 2.75) is 6.54 Å². The van der Waals surface area contributed by atoms with Gasteiger partial charge in [-0.1, -0.05) is 18.2 Å². The zero-order valence-electron chi connectivity index (χ0n) is 19.3. The molecule has 2 amide bonds. The summed E-state index contributed by atoms with van der Waals surface area (Å²) in [6, 6.07) is 11.3. The first kappa shape index (κ1) is 23.8. The molecule has 1 aliphatic heterocycles. The Labute approximate surface area is 208 Å². The van der Waals surface area contributed by atoms with E-state index in [1.165, 1.54) is 17.2 Å². The maximum Gasteiger partial charge on any atom is 0.327 e. The molecule has 1 fully saturated rings. The van der Waals surface area contributed by atoms with Crippen molar-refractivity contribution < 1.29 is 28.7 Å². The van der Waals surface area contributed by atoms with Crippen molar-refractivity contribution >= 4 is 34.5 Å². The van der Waals surface area contributed by atoms with Crippen molar-refractivity contribution in [1.29, 1.82) is 0 Å². The second-order valence-electron chi connectivity index (χ2n) is 8.36. The summed E-state index contributed by atoms with van der Waals surface area (Å²) < 4.78 is 14.8. The molecule has 0 unspecified atom stereocenters. The number of carboxylic acid groups (broad SMARTS) is 1. The van der Waals surface area contributed by atoms with Crippen LogP contribution in [0.25, 0.3) is 22.3 Å². The number of hydrogen-bond donors (Lipinski definition) is 2. The van der Waals surface area contributed by atoms with Crippen LogP contribution in [-0.2, 0) is 16.1 Å². The number of aromatic nitrogens is 5. The molecule has 0 spiro atoms. The number of nitrogens with one attached hydrogen (secondary N) is 1. The number of halogens is 1. The Morgan fingerprint density at radius 1 is 0.973 bits per heavy atom. The van der Waals surface area contributed by atoms with Crippen LogP contribution in [0.4, 0.5) is 4.39 Å². The van der Waals surface area contributed by atoms with Crippen LogP contribution in [0.15, 0.2) is 48.7 Å². The Morgan fingerprint density at radius 3 is 2.38 bits per heavy atom. The molecule has 188 valence electrons. The van der Waals surface area contributed by atoms with Gasteiger partial charge in [-0.15, -0.1) is 10.2 Å². The van der Waals surface area contributed by atoms with Gasteiger partial charge in [0.2, 0.25) is 5.82 Å². The number of H-pyrrole nitrogens is 1. The highest BCUT2D eigenvalue weighted by Crippen LogP contribution is 2.30. The third-order valence-electron chi connectivity index (χ3n) is 6.07. The number of nitrogens with zero attached hydrogens (tertiary/aromatic N) is 6. The minimum atomic E-state index is -1.16. The van der Waals surface area contributed by atoms with E-state index in [2.05, 4.69) is 20.4 Å². The number of fused-ring (bicyclic) bond motifs is 1. The van der Waals surface area contributed by atoms with Gasteiger partial charge in [0, 0.05) is 48.9 Å². The summed E-state index contributed by atoms with van der Waals surface area (Å²) in [6.45, 7) is 0.337. The van der Waals surface area contributed by atoms with Gasteiger partial charge in [0.1, 0.15) is 5.82 Å². The van der Waals surface area contributed by atoms with E-state index in [9.17, 15) is 23.6 Å². The number of carbonyl (C=O) groups is 4. The standard InChI is InChI=1S/C24H20FN7O5/c25-17-7-6-15(22-27-29-32(28-22)13-18(33)34)20-19(17)16(12-26-20)21(35)24(37)31-10-8-30(9-11-31)23(36)14-4-2-1-3-5-14/h1-7,12,26H,8-11,13H2,(H,33,34). The number of carbonyl (C=O) groups excluding carboxylic acids is 3. The average molecular weight is 505 g/mol. The monoisotopic (exact) mass is 505 g/mol. The van der Waals surface area contributed by atoms with Gasteiger partial charge in [-0.05, 0) is 29.5 Å². The Kier molecular flexibility index (Phi) is 6.17. The van der Waals surface area contributed by atoms with Crippen LogP contribution >= 0.6 is 0 Å². The van der Waals surface area contributed by atoms with Gasteiger partial charge in [-0.2, -0.15) is 4.80 Å². The molecule has 37 heavy (non-hydrogen) atoms. The summed E-state index contributed by atoms with van der Waals surface area (Å²) in [7, 11) is 0. The number of benzene rings is 2. The molecule has 1 aliphatic rings. The van der Waals surface area contributed by atoms with Gasteiger partial charge in [0.05, 0.1) is 11.1 Å². The molecular formula is C24H20FN7O5. The second kappa shape index (κ2) is 9.60. The largest absolute Gasteiger partial charge is 0.480 e. The van der Waals surface area contributed by atoms with Crippen LogP contribution in [0.5, 0.6) is 0 Å². The summed E-state index contributed by atoms with van der Waals surface area (Å²) in [6.07, 6.45) is 1.24. The van der Waals surface area contributed by atoms with Crippen LogP contribution < -0.4 is 0 Å². The fourth-order valence-electron chi connectivity index (χ4n) is 4.25. The molecule has 0 radical (unpaired) electrons. The molecule has 0 aliphatic carbocycles. The molecular weight excluding hydrogens is 485 g/mol. The maximum atomic E-state index is 14.8. The minimum Gasteiger partial charge on any atom is -0.480 e. The molecule has 4 aromatic rings. The van der Waals surface area contributed by atoms with E-state index in [1.807, 2.05) is 6.07 Å². The predicted octanol–water partition coefficient (Wildman–Crippen LogP) is 1.21. The van der Waals surface area contributed by atoms with E-state index in [-0.39, 0.29) is 59.9 Å². The Bertz CT molecular complexity index is 1520. The van der Waals surface area contributed by atoms with Crippen molar-refractivity contribution in [2.24, 2.45) is 0 Å². The summed E-state index contributed by atoms with van der Waals surface area (Å²) in [5.74, 6) is -3.72. The number of rotatable bonds is 6. The molecule has 0 saturated carbocycles. The third-order valence-corrected chi connectivity index (χ3v) is 6.07. The molecule has 12 nitrogen and oxygen atoms in total. The van der Waals surface area contributed by atoms with Crippen LogP contribution in [-0.4, -0.2) is 89.8 Å². The highest BCUT2D eigenvalue weighted by atomic mass is 19.1. The van der Waals surface area contributed by atoms with Crippen LogP contribution in [0.3, 0.4) is 0 Å². The topological polar surface area (TPSA) is 154 Å². The minimum absolute atomic E-state index is 0.0256. The molecule has 0 bridgehead atoms. The Morgan fingerprint density at radius 2 is 1.68 bits per heavy atom. The summed E-state index contributed by atoms with van der Waals surface area (Å²) >= 11 is 0. The quantitative estimate of drug-likeness (QED) is 0.293. The van der Waals surface area contributed by atoms with Gasteiger partial charge in [0.25, 0.3) is 17.6 Å². The van der Waals surface area contributed by atoms with Crippen molar-refractivity contribution in [1.82, 2.24) is 35.0 Å². The highest BCUT2D eigenvalue weighted by molar-refractivity contribution is 6.45. The highest BCUT2D eigenvalue weighted by Gasteiger charge is 2.31. The zero-order valence-corrected chi connectivity index (χ0v) is 19.3. The van der Waals surface area contributed by atoms with Crippen molar-refractivity contribution in [3.8, 4) is 11.4 Å². The molecule has 2 aromatic heterocycles. The second-order valence-corrected chi connectivity index (χ2v) is 8.36. The van der Waals surface area contributed by atoms with Crippen LogP contribution in [0.2, 0.25) is 0 Å². The number of hydrogen-bond acceptors (Lipinski definition) is 7. The van der Waals surface area contributed by atoms with Crippen LogP contribution in [0, 0.1) is 5.82 Å². The lowest BCUT2D eigenvalue weighted by atomic mass is 10.0. The average Bonchev–Trinajstić information content (AvgIpc) is 3.56. The van der Waals surface area contributed by atoms with E-state index >= 15 is 0 Å². The molecule has 2 N–H and O–H groups in total. The molecule has 13 heteroatoms. The smallest absolute Gasteiger partial charge is 0.327 e. The van der Waals surface area contributed by atoms with Gasteiger partial charge >= 0.3 is 5.97 Å². The first-order valence-electron chi connectivity index (χ1n) is 11.3. The van der Waals surface area contributed by atoms with E-state index in [0.717, 1.165) is 10.9 Å². The first-order chi connectivity index (χ1) is 17.8. The Balaban J connectivity index is 1.34. The zero-order chi connectivity index (χ0) is 26.1. The maximum absolute atomic E-state index is 14.8. The number of Topliss-reactive ketones (excluding diaryl/α,β-unsaturated/α-hetero) is 1. The van der Waals surface area contributed by atoms with Crippen LogP contribution in [0.1, 0.15) is 20.7 Å². The number of tetrazole rings is 1. The SMILES string of the molecule is O=C(O)Cn1nnc(-c2ccc(F)c3c(C(=O)C(=O)N4CCN(C(=O)c5ccccc5)CC4)c[nH]c23)n1. The fraction of sp³-hybridized carbons (Fsp3) is 0.208. The lowest BCUT2D eigenvalue weighted by Gasteiger charge is -2.34. The summed E-state index contributed by atoms with van der Waals surface area (Å²) in [4.78, 5) is 56.3. The van der Waals surface area contributed by atoms with Gasteiger partial charge in [-0.3, -0.25) is 19.2 Å². The van der Waals surface area contributed by atoms with E-state index in [4.69, 9.17) is 5.11 Å². The number of amides is 2. The molecule has 2 aromatic carbocycles. The number of ketones is 1. The van der Waals surface area contributed by atoms with Crippen molar-refractivity contribution in [2.75, 3.05) is 26.2 Å². The normalized spacial score (nSPS) is 13.6. The number of piperazine rings is 1. The lowest BCUT2D eigenvalue weighted by Crippen LogP contribution is -2.52. The fourth-order valence-corrected chi connectivity index (χ4v) is 4.25. The van der Waals surface area contributed by atoms with Crippen molar-refractivity contribution in [3.05, 3.63) is 65.6 Å². The first-order valence-corrected chi connectivity index (χ1v) is 11.3. The molecule has 0 atom stereocenters. The third kappa shape index (κ3) is 4.53. The lowest BCUT2D eigenvalue weighted by molar-refractivity contribution is -0.138. The predicted molar refractivity (Wildman–Crippen MR) is 126 cm³/mol. The number of carboxylic acids is 1. The van der Waals surface area contributed by atoms with Gasteiger partial charge < -0.3 is 19.9 Å². The van der Waals surface area contributed by atoms with Crippen molar-refractivity contribution in [3.63, 3.8) is 0 Å². The van der Waals surface area contributed by atoms with E-state index < -0.39 is 30.0 Å². The summed E-state index contributed by atoms with van der Waals surface area (Å²) in [5, 5.41) is 20.2. The molecule has 3 heterocycles. The molecule has 5 rings (SSSR count).